The number of methoxy groups -OCH3 is 2. The summed E-state index contributed by atoms with van der Waals surface area (Å²) < 4.78 is 80.1. The predicted molar refractivity (Wildman–Crippen MR) is 478 cm³/mol. The summed E-state index contributed by atoms with van der Waals surface area (Å²) in [6, 6.07) is 29.7. The van der Waals surface area contributed by atoms with Crippen LogP contribution in [-0.2, 0) is 53.6 Å². The number of urea groups is 1. The number of carbonyl (C=O) groups excluding carboxylic acids is 8. The molecule has 4 saturated carbocycles. The number of sulfonamides is 2. The molecule has 8 N–H and O–H groups in total. The number of nitrogens with zero attached hydrogens (tertiary/aromatic N) is 6. The molecule has 4 aliphatic heterocycles. The number of pyridine rings is 2. The lowest BCUT2D eigenvalue weighted by Crippen LogP contribution is -2.59. The maximum Gasteiger partial charge on any atom is 0.315 e. The second-order valence-corrected chi connectivity index (χ2v) is 38.4. The quantitative estimate of drug-likeness (QED) is 0.0239. The number of isocyanates is 1. The number of hydrogen-bond acceptors (Lipinski definition) is 21. The van der Waals surface area contributed by atoms with E-state index >= 15 is 0 Å². The predicted octanol–water partition coefficient (Wildman–Crippen LogP) is 11.6. The zero-order valence-corrected chi connectivity index (χ0v) is 75.4. The smallest absolute Gasteiger partial charge is 0.315 e. The normalized spacial score (nSPS) is 24.7. The summed E-state index contributed by atoms with van der Waals surface area (Å²) in [6.07, 6.45) is 17.6. The Labute approximate surface area is 734 Å². The van der Waals surface area contributed by atoms with E-state index in [0.29, 0.717) is 102 Å². The van der Waals surface area contributed by atoms with Gasteiger partial charge in [-0.2, -0.15) is 0 Å². The Balaban J connectivity index is 0.000000239. The van der Waals surface area contributed by atoms with Crippen LogP contribution in [0.4, 0.5) is 4.79 Å². The highest BCUT2D eigenvalue weighted by molar-refractivity contribution is 7.91. The molecule has 33 heteroatoms. The minimum atomic E-state index is -3.90. The zero-order valence-electron chi connectivity index (χ0n) is 72.2. The topological polar surface area (TPSA) is 388 Å². The van der Waals surface area contributed by atoms with Gasteiger partial charge in [-0.3, -0.25) is 38.2 Å². The number of allylic oxidation sites excluding steroid dienone is 2. The van der Waals surface area contributed by atoms with E-state index < -0.39 is 125 Å². The molecule has 4 aromatic carbocycles. The van der Waals surface area contributed by atoms with Gasteiger partial charge in [-0.1, -0.05) is 131 Å². The first-order valence-corrected chi connectivity index (χ1v) is 45.5. The Morgan fingerprint density at radius 2 is 1.01 bits per heavy atom. The van der Waals surface area contributed by atoms with Crippen molar-refractivity contribution in [1.29, 1.82) is 0 Å². The van der Waals surface area contributed by atoms with Crippen molar-refractivity contribution >= 4 is 114 Å². The molecule has 668 valence electrons. The van der Waals surface area contributed by atoms with Crippen LogP contribution in [0.1, 0.15) is 178 Å². The van der Waals surface area contributed by atoms with Gasteiger partial charge >= 0.3 is 6.03 Å². The molecule has 4 aliphatic carbocycles. The Morgan fingerprint density at radius 3 is 1.38 bits per heavy atom. The van der Waals surface area contributed by atoms with Gasteiger partial charge in [0, 0.05) is 76.4 Å². The van der Waals surface area contributed by atoms with Gasteiger partial charge in [0.15, 0.2) is 0 Å². The molecular weight excluding hydrogens is 1650 g/mol. The van der Waals surface area contributed by atoms with E-state index in [9.17, 15) is 55.2 Å². The molecule has 6 heterocycles. The van der Waals surface area contributed by atoms with E-state index in [-0.39, 0.29) is 81.0 Å². The lowest BCUT2D eigenvalue weighted by molar-refractivity contribution is -0.141. The molecular formula is C90H121Cl2N13O16S2. The number of rotatable bonds is 18. The van der Waals surface area contributed by atoms with E-state index in [1.165, 1.54) is 35.5 Å². The summed E-state index contributed by atoms with van der Waals surface area (Å²) in [4.78, 5) is 126. The van der Waals surface area contributed by atoms with Crippen molar-refractivity contribution in [2.75, 3.05) is 46.9 Å². The van der Waals surface area contributed by atoms with Gasteiger partial charge in [0.25, 0.3) is 11.8 Å². The summed E-state index contributed by atoms with van der Waals surface area (Å²) in [7, 11) is -4.57. The van der Waals surface area contributed by atoms with Crippen LogP contribution >= 0.6 is 24.8 Å². The summed E-state index contributed by atoms with van der Waals surface area (Å²) in [5.74, 6) is -2.00. The monoisotopic (exact) mass is 1770 g/mol. The van der Waals surface area contributed by atoms with Crippen LogP contribution in [0.5, 0.6) is 23.0 Å². The van der Waals surface area contributed by atoms with Crippen LogP contribution < -0.4 is 55.4 Å². The number of ether oxygens (including phenoxy) is 4. The van der Waals surface area contributed by atoms with Crippen molar-refractivity contribution in [2.45, 2.75) is 247 Å². The van der Waals surface area contributed by atoms with Crippen molar-refractivity contribution in [3.8, 4) is 45.5 Å². The van der Waals surface area contributed by atoms with Crippen LogP contribution in [-0.4, -0.2) is 205 Å². The first kappa shape index (κ1) is 97.1. The third-order valence-corrected chi connectivity index (χ3v) is 26.6. The molecule has 0 spiro atoms. The Bertz CT molecular complexity index is 5070. The van der Waals surface area contributed by atoms with Crippen LogP contribution in [0.25, 0.3) is 44.3 Å². The van der Waals surface area contributed by atoms with E-state index in [1.54, 1.807) is 14.2 Å². The van der Waals surface area contributed by atoms with Gasteiger partial charge in [0.2, 0.25) is 49.8 Å². The van der Waals surface area contributed by atoms with Crippen molar-refractivity contribution in [2.24, 2.45) is 22.6 Å². The van der Waals surface area contributed by atoms with Crippen molar-refractivity contribution in [3.05, 3.63) is 133 Å². The highest BCUT2D eigenvalue weighted by Gasteiger charge is 2.64. The fraction of sp³-hybridized carbons (Fsp3) is 0.533. The molecule has 123 heavy (non-hydrogen) atoms. The maximum atomic E-state index is 14.7. The molecule has 6 aromatic rings. The molecule has 0 bridgehead atoms. The van der Waals surface area contributed by atoms with Crippen molar-refractivity contribution in [3.63, 3.8) is 0 Å². The fourth-order valence-corrected chi connectivity index (χ4v) is 18.3. The molecule has 29 nitrogen and oxygen atoms in total. The maximum absolute atomic E-state index is 14.7. The molecule has 0 radical (unpaired) electrons. The molecule has 8 amide bonds. The summed E-state index contributed by atoms with van der Waals surface area (Å²) >= 11 is 0. The zero-order chi connectivity index (χ0) is 87.2. The molecule has 8 aliphatic rings. The number of amides is 8. The number of halogens is 2. The molecule has 6 fully saturated rings. The van der Waals surface area contributed by atoms with Crippen LogP contribution in [0.15, 0.2) is 138 Å². The lowest BCUT2D eigenvalue weighted by atomic mass is 10.0. The highest BCUT2D eigenvalue weighted by Crippen LogP contribution is 2.48. The molecule has 10 atom stereocenters. The van der Waals surface area contributed by atoms with E-state index in [4.69, 9.17) is 34.6 Å². The van der Waals surface area contributed by atoms with Gasteiger partial charge in [-0.05, 0) is 162 Å². The second-order valence-electron chi connectivity index (χ2n) is 34.5. The first-order chi connectivity index (χ1) is 57.6. The number of fused-ring (bicyclic) bond motifs is 6. The molecule has 2 saturated heterocycles. The first-order valence-electron chi connectivity index (χ1n) is 42.4. The highest BCUT2D eigenvalue weighted by atomic mass is 35.5. The number of aliphatic imine (C=N–C) groups is 1. The van der Waals surface area contributed by atoms with Gasteiger partial charge in [0.1, 0.15) is 64.4 Å². The van der Waals surface area contributed by atoms with E-state index in [0.717, 1.165) is 55.0 Å². The molecule has 2 unspecified atom stereocenters. The molecule has 14 rings (SSSR count). The summed E-state index contributed by atoms with van der Waals surface area (Å²) in [6.45, 7) is 21.3. The van der Waals surface area contributed by atoms with Gasteiger partial charge in [0.05, 0.1) is 71.8 Å². The number of hydrogen-bond donors (Lipinski definition) is 7. The third kappa shape index (κ3) is 25.5. The number of nitrogens with one attached hydrogen (secondary N) is 6. The Morgan fingerprint density at radius 1 is 0.585 bits per heavy atom. The largest absolute Gasteiger partial charge is 0.497 e. The third-order valence-electron chi connectivity index (χ3n) is 22.9. The summed E-state index contributed by atoms with van der Waals surface area (Å²) in [5.41, 5.74) is 7.07. The standard InChI is InChI=1S/C42H52N6O8S.C37H43N5O7S.C6H15N.C5H9NO.2ClH/c1-41(2,3)46-40(52)44-32-16-12-7-5-6-11-15-27-24-42(27,39(51)47-57(53,54)30-18-19-30)45-37(49)35-22-29(25-48(35)38(32)50)56-36-23-33(26-13-9-8-10-14-26)43-34-21-28(55-4)17-20-31(34)36;1-48-25-14-17-28-31(18-25)39-30(23-10-6-5-7-11-23)20-33(28)49-26-19-32-34(43)40-37(36(45)41-50(46,47)27-15-16-27)21-24(37)12-8-3-2-4-9-13-29(38)35(44)42(32)22-26;1-4-7(5-2)6-3;1-5(2,3)6-4-7;;/h8-11,13-15,17,20-21,23,27,29-30,32,35H,5-7,12,16,18-19,22,24-25H2,1-4H3,(H,45,49)(H,47,51)(H2,44,46,52);5-8,10-12,14,17-18,20,24,26-27,29,32H,2-4,9,13,15-16,19,21-22,38H2,1H3,(H,40,43)(H,41,45);4-6H2,1-3H3;1-3H3;2*1H/b15-11-;12-8-;;;;/t27?,29-,32+,35+,42-;24?,26-,29+,32+,37-;;;;/m11..../s1. The Kier molecular flexibility index (Phi) is 33.4. The Hall–Kier alpha value is -9.75. The van der Waals surface area contributed by atoms with Crippen LogP contribution in [0.3, 0.4) is 0 Å². The van der Waals surface area contributed by atoms with Crippen LogP contribution in [0, 0.1) is 11.8 Å². The number of carbonyl (C=O) groups is 7. The minimum absolute atomic E-state index is 0. The van der Waals surface area contributed by atoms with Gasteiger partial charge in [-0.25, -0.2) is 41.4 Å². The van der Waals surface area contributed by atoms with Crippen LogP contribution in [0.2, 0.25) is 0 Å². The number of benzene rings is 4. The van der Waals surface area contributed by atoms with Gasteiger partial charge < -0.3 is 60.6 Å². The average Bonchev–Trinajstić information content (AvgIpc) is 1.57. The van der Waals surface area contributed by atoms with E-state index in [1.807, 2.05) is 175 Å². The molecule has 2 aromatic heterocycles. The summed E-state index contributed by atoms with van der Waals surface area (Å²) in [5, 5.41) is 11.8. The SMILES string of the molecule is CC(C)(C)N=C=O.CCN(CC)CC.COc1ccc2c(O[C@@H]3C[C@H]4C(=O)N[C@]5(C(=O)NS(=O)(=O)C6CC6)CC5/C=C\CCCCC[C@H](N)C(=O)N4C3)cc(-c3ccccc3)nc2c1.COc1ccc2c(O[C@@H]3C[C@H]4C(=O)N[C@]5(C(=O)NS(=O)(=O)C6CC6)CC5/C=C\CCCCC[C@H](NC(=O)NC(C)(C)C)C(=O)N4C3)cc(-c3ccccc3)nc2c1.Cl.Cl. The average molecular weight is 1780 g/mol. The number of aromatic nitrogens is 2. The van der Waals surface area contributed by atoms with E-state index in [2.05, 4.69) is 61.4 Å². The second kappa shape index (κ2) is 42.3. The minimum Gasteiger partial charge on any atom is -0.497 e. The van der Waals surface area contributed by atoms with Crippen molar-refractivity contribution in [1.82, 2.24) is 55.4 Å². The van der Waals surface area contributed by atoms with Gasteiger partial charge in [-0.15, -0.1) is 24.8 Å². The number of nitrogens with two attached hydrogens (primary N) is 1. The fourth-order valence-electron chi connectivity index (χ4n) is 15.6. The lowest BCUT2D eigenvalue weighted by Gasteiger charge is -2.30. The van der Waals surface area contributed by atoms with Crippen molar-refractivity contribution < 1.29 is 74.1 Å².